The van der Waals surface area contributed by atoms with Crippen LogP contribution >= 0.6 is 0 Å². The monoisotopic (exact) mass is 259 g/mol. The number of carbonyl (C=O) groups excluding carboxylic acids is 1. The Balaban J connectivity index is 2.21. The van der Waals surface area contributed by atoms with Crippen LogP contribution in [0.4, 0.5) is 5.69 Å². The van der Waals surface area contributed by atoms with Gasteiger partial charge in [-0.3, -0.25) is 4.79 Å². The van der Waals surface area contributed by atoms with Gasteiger partial charge in [0.05, 0.1) is 0 Å². The van der Waals surface area contributed by atoms with Crippen LogP contribution in [0, 0.1) is 13.8 Å². The molecule has 19 heavy (non-hydrogen) atoms. The van der Waals surface area contributed by atoms with E-state index in [0.717, 1.165) is 11.1 Å². The Labute approximate surface area is 109 Å². The van der Waals surface area contributed by atoms with Gasteiger partial charge in [-0.2, -0.15) is 0 Å². The fourth-order valence-corrected chi connectivity index (χ4v) is 1.65. The molecule has 1 heterocycles. The molecule has 0 atom stereocenters. The lowest BCUT2D eigenvalue weighted by Crippen LogP contribution is -2.12. The first-order chi connectivity index (χ1) is 8.99. The second-order valence-electron chi connectivity index (χ2n) is 4.17. The predicted molar refractivity (Wildman–Crippen MR) is 69.5 cm³/mol. The molecule has 0 bridgehead atoms. The second kappa shape index (κ2) is 4.97. The summed E-state index contributed by atoms with van der Waals surface area (Å²) in [6, 6.07) is 8.15. The van der Waals surface area contributed by atoms with E-state index >= 15 is 0 Å². The third-order valence-electron chi connectivity index (χ3n) is 2.89. The number of carbonyl (C=O) groups is 2. The first-order valence-corrected chi connectivity index (χ1v) is 5.69. The van der Waals surface area contributed by atoms with Crippen molar-refractivity contribution in [2.75, 3.05) is 5.32 Å². The molecular weight excluding hydrogens is 246 g/mol. The Morgan fingerprint density at radius 3 is 2.42 bits per heavy atom. The van der Waals surface area contributed by atoms with Gasteiger partial charge in [-0.15, -0.1) is 0 Å². The van der Waals surface area contributed by atoms with E-state index in [-0.39, 0.29) is 11.5 Å². The molecule has 0 fully saturated rings. The van der Waals surface area contributed by atoms with Gasteiger partial charge in [0.25, 0.3) is 5.91 Å². The lowest BCUT2D eigenvalue weighted by molar-refractivity contribution is 0.0660. The molecule has 2 N–H and O–H groups in total. The van der Waals surface area contributed by atoms with Gasteiger partial charge in [0.15, 0.2) is 5.76 Å². The summed E-state index contributed by atoms with van der Waals surface area (Å²) >= 11 is 0. The Hall–Kier alpha value is -2.56. The maximum Gasteiger partial charge on any atom is 0.371 e. The summed E-state index contributed by atoms with van der Waals surface area (Å²) in [7, 11) is 0. The molecule has 5 heteroatoms. The predicted octanol–water partition coefficient (Wildman–Crippen LogP) is 2.85. The number of aryl methyl sites for hydroxylation is 1. The molecule has 0 aliphatic carbocycles. The molecule has 1 amide bonds. The van der Waals surface area contributed by atoms with Crippen LogP contribution in [0.25, 0.3) is 0 Å². The highest BCUT2D eigenvalue weighted by Gasteiger charge is 2.15. The van der Waals surface area contributed by atoms with Gasteiger partial charge in [0, 0.05) is 5.69 Å². The van der Waals surface area contributed by atoms with Gasteiger partial charge in [0.2, 0.25) is 5.76 Å². The van der Waals surface area contributed by atoms with Gasteiger partial charge >= 0.3 is 5.97 Å². The molecule has 0 saturated carbocycles. The fourth-order valence-electron chi connectivity index (χ4n) is 1.65. The highest BCUT2D eigenvalue weighted by molar-refractivity contribution is 6.03. The van der Waals surface area contributed by atoms with Crippen molar-refractivity contribution in [1.29, 1.82) is 0 Å². The highest BCUT2D eigenvalue weighted by Crippen LogP contribution is 2.19. The highest BCUT2D eigenvalue weighted by atomic mass is 16.4. The largest absolute Gasteiger partial charge is 0.475 e. The van der Waals surface area contributed by atoms with Crippen LogP contribution in [0.3, 0.4) is 0 Å². The summed E-state index contributed by atoms with van der Waals surface area (Å²) in [6.07, 6.45) is 0. The zero-order valence-corrected chi connectivity index (χ0v) is 10.6. The van der Waals surface area contributed by atoms with Crippen molar-refractivity contribution >= 4 is 17.6 Å². The van der Waals surface area contributed by atoms with E-state index in [0.29, 0.717) is 5.69 Å². The maximum atomic E-state index is 11.9. The van der Waals surface area contributed by atoms with Crippen LogP contribution in [0.5, 0.6) is 0 Å². The zero-order valence-electron chi connectivity index (χ0n) is 10.6. The molecule has 98 valence electrons. The molecule has 1 aromatic heterocycles. The molecule has 0 saturated heterocycles. The van der Waals surface area contributed by atoms with Gasteiger partial charge in [0.1, 0.15) is 0 Å². The molecule has 0 radical (unpaired) electrons. The molecule has 0 spiro atoms. The van der Waals surface area contributed by atoms with Crippen molar-refractivity contribution in [1.82, 2.24) is 0 Å². The van der Waals surface area contributed by atoms with Crippen LogP contribution in [0.2, 0.25) is 0 Å². The molecule has 0 unspecified atom stereocenters. The molecule has 2 rings (SSSR count). The standard InChI is InChI=1S/C14H13NO4/c1-8-4-3-5-10(9(8)2)15-13(16)11-6-7-12(19-11)14(17)18/h3-7H,1-2H3,(H,15,16)(H,17,18). The molecular formula is C14H13NO4. The Morgan fingerprint density at radius 1 is 1.11 bits per heavy atom. The summed E-state index contributed by atoms with van der Waals surface area (Å²) in [5, 5.41) is 11.4. The number of carboxylic acids is 1. The first-order valence-electron chi connectivity index (χ1n) is 5.69. The molecule has 2 aromatic rings. The lowest BCUT2D eigenvalue weighted by Gasteiger charge is -2.08. The van der Waals surface area contributed by atoms with Crippen molar-refractivity contribution in [3.05, 3.63) is 53.0 Å². The van der Waals surface area contributed by atoms with Crippen LogP contribution < -0.4 is 5.32 Å². The summed E-state index contributed by atoms with van der Waals surface area (Å²) in [5.74, 6) is -1.96. The van der Waals surface area contributed by atoms with Crippen molar-refractivity contribution in [3.8, 4) is 0 Å². The van der Waals surface area contributed by atoms with E-state index in [4.69, 9.17) is 9.52 Å². The quantitative estimate of drug-likeness (QED) is 0.888. The second-order valence-corrected chi connectivity index (χ2v) is 4.17. The van der Waals surface area contributed by atoms with Crippen LogP contribution in [0.15, 0.2) is 34.7 Å². The van der Waals surface area contributed by atoms with Crippen LogP contribution in [-0.4, -0.2) is 17.0 Å². The summed E-state index contributed by atoms with van der Waals surface area (Å²) in [4.78, 5) is 22.6. The maximum absolute atomic E-state index is 11.9. The number of hydrogen-bond donors (Lipinski definition) is 2. The minimum atomic E-state index is -1.20. The normalized spacial score (nSPS) is 10.2. The van der Waals surface area contributed by atoms with Crippen molar-refractivity contribution in [2.24, 2.45) is 0 Å². The number of hydrogen-bond acceptors (Lipinski definition) is 3. The van der Waals surface area contributed by atoms with Gasteiger partial charge in [-0.05, 0) is 43.2 Å². The zero-order chi connectivity index (χ0) is 14.0. The Kier molecular flexibility index (Phi) is 3.37. The van der Waals surface area contributed by atoms with Crippen molar-refractivity contribution in [3.63, 3.8) is 0 Å². The molecule has 0 aliphatic rings. The average Bonchev–Trinajstić information content (AvgIpc) is 2.84. The minimum Gasteiger partial charge on any atom is -0.475 e. The number of amides is 1. The third kappa shape index (κ3) is 2.65. The number of nitrogens with one attached hydrogen (secondary N) is 1. The topological polar surface area (TPSA) is 79.5 Å². The van der Waals surface area contributed by atoms with Gasteiger partial charge < -0.3 is 14.8 Å². The summed E-state index contributed by atoms with van der Waals surface area (Å²) < 4.78 is 4.94. The Bertz CT molecular complexity index is 643. The molecule has 5 nitrogen and oxygen atoms in total. The van der Waals surface area contributed by atoms with Crippen molar-refractivity contribution in [2.45, 2.75) is 13.8 Å². The summed E-state index contributed by atoms with van der Waals surface area (Å²) in [5.41, 5.74) is 2.70. The average molecular weight is 259 g/mol. The molecule has 0 aliphatic heterocycles. The molecule has 1 aromatic carbocycles. The van der Waals surface area contributed by atoms with E-state index in [1.54, 1.807) is 6.07 Å². The van der Waals surface area contributed by atoms with Crippen LogP contribution in [-0.2, 0) is 0 Å². The first kappa shape index (κ1) is 12.9. The smallest absolute Gasteiger partial charge is 0.371 e. The van der Waals surface area contributed by atoms with Gasteiger partial charge in [-0.25, -0.2) is 4.79 Å². The third-order valence-corrected chi connectivity index (χ3v) is 2.89. The van der Waals surface area contributed by atoms with E-state index in [1.807, 2.05) is 26.0 Å². The fraction of sp³-hybridized carbons (Fsp3) is 0.143. The number of rotatable bonds is 3. The lowest BCUT2D eigenvalue weighted by atomic mass is 10.1. The van der Waals surface area contributed by atoms with E-state index in [2.05, 4.69) is 5.32 Å². The minimum absolute atomic E-state index is 0.0293. The SMILES string of the molecule is Cc1cccc(NC(=O)c2ccc(C(=O)O)o2)c1C. The number of aromatic carboxylic acids is 1. The number of benzene rings is 1. The summed E-state index contributed by atoms with van der Waals surface area (Å²) in [6.45, 7) is 3.84. The van der Waals surface area contributed by atoms with Gasteiger partial charge in [-0.1, -0.05) is 12.1 Å². The van der Waals surface area contributed by atoms with Crippen molar-refractivity contribution < 1.29 is 19.1 Å². The Morgan fingerprint density at radius 2 is 1.79 bits per heavy atom. The number of anilines is 1. The van der Waals surface area contributed by atoms with E-state index in [1.165, 1.54) is 12.1 Å². The van der Waals surface area contributed by atoms with Crippen LogP contribution in [0.1, 0.15) is 32.2 Å². The number of carboxylic acid groups (broad SMARTS) is 1. The van der Waals surface area contributed by atoms with E-state index < -0.39 is 11.9 Å². The van der Waals surface area contributed by atoms with E-state index in [9.17, 15) is 9.59 Å². The number of furan rings is 1.